The van der Waals surface area contributed by atoms with E-state index in [9.17, 15) is 0 Å². The molecule has 1 heterocycles. The molecule has 0 amide bonds. The maximum absolute atomic E-state index is 5.04. The van der Waals surface area contributed by atoms with Crippen LogP contribution in [0, 0.1) is 0 Å². The molecule has 0 fully saturated rings. The average molecular weight is 405 g/mol. The van der Waals surface area contributed by atoms with Crippen molar-refractivity contribution in [1.29, 1.82) is 0 Å². The minimum Gasteiger partial charge on any atom is -0.266 e. The molecule has 1 aromatic heterocycles. The molecule has 0 saturated carbocycles. The second-order valence-electron chi connectivity index (χ2n) is 8.48. The van der Waals surface area contributed by atoms with Gasteiger partial charge in [-0.25, -0.2) is 0 Å². The molecule has 0 N–H and O–H groups in total. The van der Waals surface area contributed by atoms with Gasteiger partial charge < -0.3 is 0 Å². The van der Waals surface area contributed by atoms with Crippen LogP contribution in [0.2, 0.25) is 0 Å². The standard InChI is InChI=1S/C20H30N2.Pd/c1-14(2)22-18(20(6,7)8)16(15-12-10-9-11-13-15)17(21-22)19(3,4)5;/h9-14H,1-8H3;. The van der Waals surface area contributed by atoms with E-state index >= 15 is 0 Å². The van der Waals surface area contributed by atoms with Crippen molar-refractivity contribution in [3.8, 4) is 11.1 Å². The van der Waals surface area contributed by atoms with Crippen LogP contribution in [-0.4, -0.2) is 9.78 Å². The summed E-state index contributed by atoms with van der Waals surface area (Å²) < 4.78 is 2.23. The first-order valence-electron chi connectivity index (χ1n) is 8.22. The molecule has 1 aromatic carbocycles. The van der Waals surface area contributed by atoms with Crippen LogP contribution in [0.25, 0.3) is 11.1 Å². The predicted octanol–water partition coefficient (Wildman–Crippen LogP) is 5.72. The van der Waals surface area contributed by atoms with Crippen molar-refractivity contribution in [2.75, 3.05) is 0 Å². The van der Waals surface area contributed by atoms with Gasteiger partial charge in [0.15, 0.2) is 0 Å². The number of hydrogen-bond acceptors (Lipinski definition) is 1. The van der Waals surface area contributed by atoms with Crippen LogP contribution in [-0.2, 0) is 31.3 Å². The van der Waals surface area contributed by atoms with E-state index in [1.54, 1.807) is 0 Å². The van der Waals surface area contributed by atoms with Gasteiger partial charge in [-0.3, -0.25) is 4.68 Å². The van der Waals surface area contributed by atoms with Crippen molar-refractivity contribution in [2.24, 2.45) is 0 Å². The van der Waals surface area contributed by atoms with Crippen molar-refractivity contribution in [3.63, 3.8) is 0 Å². The third kappa shape index (κ3) is 4.14. The molecule has 0 bridgehead atoms. The Labute approximate surface area is 155 Å². The van der Waals surface area contributed by atoms with E-state index in [1.165, 1.54) is 22.5 Å². The van der Waals surface area contributed by atoms with Gasteiger partial charge >= 0.3 is 0 Å². The summed E-state index contributed by atoms with van der Waals surface area (Å²) in [7, 11) is 0. The van der Waals surface area contributed by atoms with Crippen LogP contribution in [0.5, 0.6) is 0 Å². The molecule has 0 aliphatic rings. The Hall–Kier alpha value is -0.908. The largest absolute Gasteiger partial charge is 0.266 e. The van der Waals surface area contributed by atoms with Gasteiger partial charge in [-0.05, 0) is 19.4 Å². The molecule has 2 aromatic rings. The van der Waals surface area contributed by atoms with Gasteiger partial charge in [0, 0.05) is 42.9 Å². The summed E-state index contributed by atoms with van der Waals surface area (Å²) >= 11 is 0. The normalized spacial score (nSPS) is 12.4. The van der Waals surface area contributed by atoms with Crippen LogP contribution in [0.3, 0.4) is 0 Å². The molecule has 0 radical (unpaired) electrons. The second kappa shape index (κ2) is 6.91. The Morgan fingerprint density at radius 2 is 1.39 bits per heavy atom. The summed E-state index contributed by atoms with van der Waals surface area (Å²) in [6.07, 6.45) is 0. The summed E-state index contributed by atoms with van der Waals surface area (Å²) in [4.78, 5) is 0. The zero-order chi connectivity index (χ0) is 16.7. The Bertz CT molecular complexity index is 641. The Kier molecular flexibility index (Phi) is 6.05. The van der Waals surface area contributed by atoms with Gasteiger partial charge in [0.05, 0.1) is 11.4 Å². The minimum atomic E-state index is 0. The van der Waals surface area contributed by atoms with E-state index < -0.39 is 0 Å². The van der Waals surface area contributed by atoms with Crippen molar-refractivity contribution in [2.45, 2.75) is 72.3 Å². The van der Waals surface area contributed by atoms with E-state index in [4.69, 9.17) is 5.10 Å². The molecule has 0 aliphatic heterocycles. The number of rotatable bonds is 2. The summed E-state index contributed by atoms with van der Waals surface area (Å²) in [5, 5.41) is 5.04. The van der Waals surface area contributed by atoms with Crippen LogP contribution < -0.4 is 0 Å². The number of aromatic nitrogens is 2. The van der Waals surface area contributed by atoms with Gasteiger partial charge in [-0.15, -0.1) is 0 Å². The SMILES string of the molecule is CC(C)n1nc(C(C)(C)C)c(-c2ccccc2)c1C(C)(C)C.[Pd]. The molecule has 0 unspecified atom stereocenters. The molecule has 23 heavy (non-hydrogen) atoms. The predicted molar refractivity (Wildman–Crippen MR) is 95.4 cm³/mol. The Morgan fingerprint density at radius 3 is 1.78 bits per heavy atom. The summed E-state index contributed by atoms with van der Waals surface area (Å²) in [5.41, 5.74) is 5.17. The first-order valence-corrected chi connectivity index (χ1v) is 8.22. The van der Waals surface area contributed by atoms with Gasteiger partial charge in [0.1, 0.15) is 0 Å². The third-order valence-corrected chi connectivity index (χ3v) is 3.88. The monoisotopic (exact) mass is 404 g/mol. The molecule has 0 atom stereocenters. The number of hydrogen-bond donors (Lipinski definition) is 0. The fourth-order valence-corrected chi connectivity index (χ4v) is 2.93. The zero-order valence-electron chi connectivity index (χ0n) is 15.7. The van der Waals surface area contributed by atoms with E-state index in [1.807, 2.05) is 0 Å². The molecule has 130 valence electrons. The average Bonchev–Trinajstić information content (AvgIpc) is 2.80. The van der Waals surface area contributed by atoms with E-state index in [0.29, 0.717) is 6.04 Å². The van der Waals surface area contributed by atoms with E-state index in [-0.39, 0.29) is 31.3 Å². The van der Waals surface area contributed by atoms with Gasteiger partial charge in [0.2, 0.25) is 0 Å². The first-order chi connectivity index (χ1) is 10.0. The van der Waals surface area contributed by atoms with Crippen LogP contribution in [0.15, 0.2) is 30.3 Å². The van der Waals surface area contributed by atoms with E-state index in [2.05, 4.69) is 90.4 Å². The molecule has 0 saturated heterocycles. The van der Waals surface area contributed by atoms with Crippen molar-refractivity contribution < 1.29 is 20.4 Å². The summed E-state index contributed by atoms with van der Waals surface area (Å²) in [6, 6.07) is 11.1. The molecule has 0 spiro atoms. The first kappa shape index (κ1) is 20.1. The van der Waals surface area contributed by atoms with Crippen LogP contribution in [0.4, 0.5) is 0 Å². The molecule has 2 rings (SSSR count). The number of nitrogens with zero attached hydrogens (tertiary/aromatic N) is 2. The van der Waals surface area contributed by atoms with Crippen molar-refractivity contribution >= 4 is 0 Å². The van der Waals surface area contributed by atoms with Crippen molar-refractivity contribution in [1.82, 2.24) is 9.78 Å². The Morgan fingerprint density at radius 1 is 0.870 bits per heavy atom. The van der Waals surface area contributed by atoms with Crippen molar-refractivity contribution in [3.05, 3.63) is 41.7 Å². The maximum Gasteiger partial charge on any atom is 0.0759 e. The second-order valence-corrected chi connectivity index (χ2v) is 8.48. The topological polar surface area (TPSA) is 17.8 Å². The molecular weight excluding hydrogens is 375 g/mol. The summed E-state index contributed by atoms with van der Waals surface area (Å²) in [6.45, 7) is 18.0. The van der Waals surface area contributed by atoms with Gasteiger partial charge in [0.25, 0.3) is 0 Å². The van der Waals surface area contributed by atoms with Crippen LogP contribution in [0.1, 0.15) is 72.8 Å². The minimum absolute atomic E-state index is 0. The maximum atomic E-state index is 5.04. The molecule has 2 nitrogen and oxygen atoms in total. The van der Waals surface area contributed by atoms with E-state index in [0.717, 1.165) is 0 Å². The van der Waals surface area contributed by atoms with Gasteiger partial charge in [-0.1, -0.05) is 71.9 Å². The quantitative estimate of drug-likeness (QED) is 0.585. The van der Waals surface area contributed by atoms with Crippen LogP contribution >= 0.6 is 0 Å². The smallest absolute Gasteiger partial charge is 0.0759 e. The van der Waals surface area contributed by atoms with Gasteiger partial charge in [-0.2, -0.15) is 5.10 Å². The molecular formula is C20H30N2Pd. The molecule has 3 heteroatoms. The number of benzene rings is 1. The fourth-order valence-electron chi connectivity index (χ4n) is 2.93. The fraction of sp³-hybridized carbons (Fsp3) is 0.550. The zero-order valence-corrected chi connectivity index (χ0v) is 17.2. The Balaban J connectivity index is 0.00000264. The molecule has 0 aliphatic carbocycles. The third-order valence-electron chi connectivity index (χ3n) is 3.88. The summed E-state index contributed by atoms with van der Waals surface area (Å²) in [5.74, 6) is 0.